The van der Waals surface area contributed by atoms with Crippen molar-refractivity contribution in [2.45, 2.75) is 19.4 Å². The fourth-order valence-corrected chi connectivity index (χ4v) is 1.79. The summed E-state index contributed by atoms with van der Waals surface area (Å²) in [7, 11) is 3.17. The van der Waals surface area contributed by atoms with Crippen molar-refractivity contribution >= 4 is 5.97 Å². The zero-order valence-corrected chi connectivity index (χ0v) is 11.9. The molecule has 0 bridgehead atoms. The number of methoxy groups -OCH3 is 1. The van der Waals surface area contributed by atoms with Gasteiger partial charge in [0.05, 0.1) is 23.9 Å². The van der Waals surface area contributed by atoms with E-state index in [0.717, 1.165) is 0 Å². The van der Waals surface area contributed by atoms with E-state index in [2.05, 4.69) is 20.8 Å². The van der Waals surface area contributed by atoms with E-state index in [0.29, 0.717) is 17.1 Å². The van der Waals surface area contributed by atoms with Gasteiger partial charge in [-0.05, 0) is 43.5 Å². The molecule has 2 aromatic rings. The Labute approximate surface area is 116 Å². The van der Waals surface area contributed by atoms with Crippen molar-refractivity contribution < 1.29 is 9.53 Å². The van der Waals surface area contributed by atoms with Crippen LogP contribution in [-0.2, 0) is 10.3 Å². The van der Waals surface area contributed by atoms with Crippen LogP contribution in [-0.4, -0.2) is 40.3 Å². The molecule has 0 saturated carbocycles. The molecule has 0 unspecified atom stereocenters. The van der Waals surface area contributed by atoms with Crippen molar-refractivity contribution in [2.75, 3.05) is 14.2 Å². The van der Waals surface area contributed by atoms with Crippen LogP contribution in [0.5, 0.6) is 0 Å². The summed E-state index contributed by atoms with van der Waals surface area (Å²) in [5.74, 6) is 0.181. The van der Waals surface area contributed by atoms with Crippen molar-refractivity contribution in [3.05, 3.63) is 35.7 Å². The molecule has 7 nitrogen and oxygen atoms in total. The number of benzene rings is 1. The van der Waals surface area contributed by atoms with E-state index < -0.39 is 11.5 Å². The van der Waals surface area contributed by atoms with Crippen molar-refractivity contribution in [1.82, 2.24) is 25.5 Å². The maximum Gasteiger partial charge on any atom is 0.340 e. The molecule has 2 rings (SSSR count). The van der Waals surface area contributed by atoms with E-state index in [1.165, 1.54) is 7.11 Å². The first kappa shape index (κ1) is 14.1. The van der Waals surface area contributed by atoms with Crippen LogP contribution in [0.2, 0.25) is 0 Å². The zero-order valence-electron chi connectivity index (χ0n) is 11.9. The maximum absolute atomic E-state index is 11.8. The smallest absolute Gasteiger partial charge is 0.340 e. The van der Waals surface area contributed by atoms with Gasteiger partial charge in [0, 0.05) is 0 Å². The Morgan fingerprint density at radius 1 is 1.35 bits per heavy atom. The summed E-state index contributed by atoms with van der Waals surface area (Å²) in [6.07, 6.45) is 0. The van der Waals surface area contributed by atoms with Crippen LogP contribution in [0.1, 0.15) is 30.0 Å². The fourth-order valence-electron chi connectivity index (χ4n) is 1.79. The molecule has 0 aliphatic rings. The molecule has 0 aliphatic heterocycles. The number of esters is 1. The highest BCUT2D eigenvalue weighted by molar-refractivity contribution is 5.93. The third-order valence-corrected chi connectivity index (χ3v) is 3.19. The Hall–Kier alpha value is -2.28. The predicted molar refractivity (Wildman–Crippen MR) is 72.6 cm³/mol. The number of ether oxygens (including phenoxy) is 1. The lowest BCUT2D eigenvalue weighted by Crippen LogP contribution is -2.36. The van der Waals surface area contributed by atoms with Crippen LogP contribution in [0.25, 0.3) is 5.69 Å². The minimum absolute atomic E-state index is 0.412. The van der Waals surface area contributed by atoms with Crippen molar-refractivity contribution in [2.24, 2.45) is 0 Å². The summed E-state index contributed by atoms with van der Waals surface area (Å²) in [4.78, 5) is 11.8. The first-order valence-corrected chi connectivity index (χ1v) is 6.16. The van der Waals surface area contributed by atoms with E-state index >= 15 is 0 Å². The normalized spacial score (nSPS) is 11.4. The monoisotopic (exact) mass is 275 g/mol. The van der Waals surface area contributed by atoms with Gasteiger partial charge in [-0.15, -0.1) is 5.10 Å². The fraction of sp³-hybridized carbons (Fsp3) is 0.385. The molecule has 1 aromatic heterocycles. The van der Waals surface area contributed by atoms with Gasteiger partial charge in [0.15, 0.2) is 5.82 Å². The first-order chi connectivity index (χ1) is 9.51. The van der Waals surface area contributed by atoms with Crippen LogP contribution in [0.4, 0.5) is 0 Å². The molecule has 0 saturated heterocycles. The molecule has 0 aliphatic carbocycles. The Balaban J connectivity index is 2.59. The van der Waals surface area contributed by atoms with Crippen molar-refractivity contribution in [3.8, 4) is 5.69 Å². The molecule has 0 atom stereocenters. The predicted octanol–water partition coefficient (Wildman–Crippen LogP) is 0.903. The highest BCUT2D eigenvalue weighted by Crippen LogP contribution is 2.21. The topological polar surface area (TPSA) is 81.9 Å². The molecule has 1 N–H and O–H groups in total. The number of hydrogen-bond acceptors (Lipinski definition) is 6. The van der Waals surface area contributed by atoms with Crippen molar-refractivity contribution in [3.63, 3.8) is 0 Å². The SMILES string of the molecule is CNC(C)(C)c1nnnn1-c1ccccc1C(=O)OC. The summed E-state index contributed by atoms with van der Waals surface area (Å²) in [6, 6.07) is 7.04. The molecule has 0 radical (unpaired) electrons. The number of tetrazole rings is 1. The summed E-state index contributed by atoms with van der Waals surface area (Å²) >= 11 is 0. The second-order valence-corrected chi connectivity index (χ2v) is 4.80. The number of rotatable bonds is 4. The summed E-state index contributed by atoms with van der Waals surface area (Å²) in [5, 5.41) is 14.9. The van der Waals surface area contributed by atoms with Gasteiger partial charge in [-0.3, -0.25) is 0 Å². The largest absolute Gasteiger partial charge is 0.465 e. The molecule has 1 heterocycles. The van der Waals surface area contributed by atoms with Crippen LogP contribution >= 0.6 is 0 Å². The number of aromatic nitrogens is 4. The van der Waals surface area contributed by atoms with Crippen molar-refractivity contribution in [1.29, 1.82) is 0 Å². The average Bonchev–Trinajstić information content (AvgIpc) is 2.96. The van der Waals surface area contributed by atoms with E-state index in [9.17, 15) is 4.79 Å². The first-order valence-electron chi connectivity index (χ1n) is 6.16. The quantitative estimate of drug-likeness (QED) is 0.835. The van der Waals surface area contributed by atoms with Gasteiger partial charge in [-0.1, -0.05) is 12.1 Å². The summed E-state index contributed by atoms with van der Waals surface area (Å²) < 4.78 is 6.33. The van der Waals surface area contributed by atoms with E-state index in [1.54, 1.807) is 22.9 Å². The van der Waals surface area contributed by atoms with E-state index in [-0.39, 0.29) is 0 Å². The number of para-hydroxylation sites is 1. The second-order valence-electron chi connectivity index (χ2n) is 4.80. The molecule has 106 valence electrons. The third-order valence-electron chi connectivity index (χ3n) is 3.19. The standard InChI is InChI=1S/C13H17N5O2/c1-13(2,14-3)12-15-16-17-18(12)10-8-6-5-7-9(10)11(19)20-4/h5-8,14H,1-4H3. The van der Waals surface area contributed by atoms with Gasteiger partial charge < -0.3 is 10.1 Å². The summed E-state index contributed by atoms with van der Waals surface area (Å²) in [5.41, 5.74) is 0.560. The van der Waals surface area contributed by atoms with Crippen LogP contribution in [0.15, 0.2) is 24.3 Å². The Morgan fingerprint density at radius 2 is 2.05 bits per heavy atom. The summed E-state index contributed by atoms with van der Waals surface area (Å²) in [6.45, 7) is 3.91. The van der Waals surface area contributed by atoms with Gasteiger partial charge >= 0.3 is 5.97 Å². The number of hydrogen-bond donors (Lipinski definition) is 1. The number of carbonyl (C=O) groups excluding carboxylic acids is 1. The van der Waals surface area contributed by atoms with Gasteiger partial charge in [-0.25, -0.2) is 4.79 Å². The molecule has 1 aromatic carbocycles. The third kappa shape index (κ3) is 2.39. The number of carbonyl (C=O) groups is 1. The van der Waals surface area contributed by atoms with Gasteiger partial charge in [-0.2, -0.15) is 4.68 Å². The molecule has 0 amide bonds. The lowest BCUT2D eigenvalue weighted by Gasteiger charge is -2.22. The highest BCUT2D eigenvalue weighted by atomic mass is 16.5. The molecular formula is C13H17N5O2. The lowest BCUT2D eigenvalue weighted by molar-refractivity contribution is 0.0600. The average molecular weight is 275 g/mol. The van der Waals surface area contributed by atoms with Crippen LogP contribution < -0.4 is 5.32 Å². The Morgan fingerprint density at radius 3 is 2.70 bits per heavy atom. The minimum Gasteiger partial charge on any atom is -0.465 e. The maximum atomic E-state index is 11.8. The van der Waals surface area contributed by atoms with Gasteiger partial charge in [0.2, 0.25) is 0 Å². The van der Waals surface area contributed by atoms with E-state index in [1.807, 2.05) is 27.0 Å². The van der Waals surface area contributed by atoms with Crippen LogP contribution in [0.3, 0.4) is 0 Å². The molecule has 0 spiro atoms. The number of nitrogens with zero attached hydrogens (tertiary/aromatic N) is 4. The van der Waals surface area contributed by atoms with Gasteiger partial charge in [0.1, 0.15) is 0 Å². The Bertz CT molecular complexity index is 621. The van der Waals surface area contributed by atoms with Crippen LogP contribution in [0, 0.1) is 0 Å². The minimum atomic E-state index is -0.438. The molecular weight excluding hydrogens is 258 g/mol. The molecule has 0 fully saturated rings. The number of nitrogens with one attached hydrogen (secondary N) is 1. The zero-order chi connectivity index (χ0) is 14.8. The van der Waals surface area contributed by atoms with Gasteiger partial charge in [0.25, 0.3) is 0 Å². The molecule has 20 heavy (non-hydrogen) atoms. The molecule has 7 heteroatoms. The van der Waals surface area contributed by atoms with E-state index in [4.69, 9.17) is 4.74 Å². The highest BCUT2D eigenvalue weighted by Gasteiger charge is 2.27. The Kier molecular flexibility index (Phi) is 3.80. The second kappa shape index (κ2) is 5.38. The lowest BCUT2D eigenvalue weighted by atomic mass is 10.0.